The number of Topliss-reactive ketones (excluding diaryl/α,β-unsaturated/α-hetero) is 1. The van der Waals surface area contributed by atoms with Crippen LogP contribution in [0.15, 0.2) is 31.7 Å². The zero-order chi connectivity index (χ0) is 27.6. The maximum Gasteiger partial charge on any atom is 0.314 e. The molecule has 0 amide bonds. The van der Waals surface area contributed by atoms with Crippen molar-refractivity contribution in [1.29, 1.82) is 5.26 Å². The third-order valence-electron chi connectivity index (χ3n) is 7.77. The number of ketones is 1. The summed E-state index contributed by atoms with van der Waals surface area (Å²) < 4.78 is 12.3. The Morgan fingerprint density at radius 1 is 0.789 bits per heavy atom. The summed E-state index contributed by atoms with van der Waals surface area (Å²) in [6.07, 6.45) is 7.25. The van der Waals surface area contributed by atoms with Crippen LogP contribution in [-0.4, -0.2) is 17.7 Å². The van der Waals surface area contributed by atoms with Crippen LogP contribution >= 0.6 is 23.5 Å². The van der Waals surface area contributed by atoms with E-state index in [1.54, 1.807) is 32.9 Å². The maximum atomic E-state index is 13.0. The van der Waals surface area contributed by atoms with Gasteiger partial charge in [0, 0.05) is 5.41 Å². The fraction of sp³-hybridized carbons (Fsp3) is 0.600. The molecule has 0 N–H and O–H groups in total. The van der Waals surface area contributed by atoms with E-state index in [1.807, 2.05) is 0 Å². The van der Waals surface area contributed by atoms with Gasteiger partial charge in [-0.15, -0.1) is 0 Å². The molecule has 1 aromatic carbocycles. The normalized spacial score (nSPS) is 25.2. The van der Waals surface area contributed by atoms with E-state index in [1.165, 1.54) is 23.5 Å². The highest BCUT2D eigenvalue weighted by atomic mass is 32.2. The Balaban J connectivity index is 1.64. The molecule has 6 nitrogen and oxygen atoms in total. The Morgan fingerprint density at radius 3 is 1.53 bits per heavy atom. The summed E-state index contributed by atoms with van der Waals surface area (Å²) in [5.74, 6) is 0.948. The summed E-state index contributed by atoms with van der Waals surface area (Å²) in [6.45, 7) is 9.74. The number of benzene rings is 1. The number of allylic oxidation sites excluding steroid dienone is 1. The fourth-order valence-corrected chi connectivity index (χ4v) is 7.70. The lowest BCUT2D eigenvalue weighted by atomic mass is 9.83. The van der Waals surface area contributed by atoms with Gasteiger partial charge in [-0.2, -0.15) is 5.26 Å². The second-order valence-electron chi connectivity index (χ2n) is 12.0. The average Bonchev–Trinajstić information content (AvgIpc) is 3.32. The van der Waals surface area contributed by atoms with Gasteiger partial charge in [-0.25, -0.2) is 0 Å². The van der Waals surface area contributed by atoms with Crippen LogP contribution in [0.2, 0.25) is 0 Å². The summed E-state index contributed by atoms with van der Waals surface area (Å²) in [5, 5.41) is 9.89. The van der Waals surface area contributed by atoms with E-state index in [0.29, 0.717) is 37.4 Å². The molecule has 0 spiro atoms. The molecule has 1 aliphatic heterocycles. The molecule has 8 heteroatoms. The molecular weight excluding hydrogens is 518 g/mol. The highest BCUT2D eigenvalue weighted by Gasteiger charge is 2.36. The van der Waals surface area contributed by atoms with Gasteiger partial charge in [-0.3, -0.25) is 14.4 Å². The van der Waals surface area contributed by atoms with Gasteiger partial charge >= 0.3 is 11.9 Å². The minimum Gasteiger partial charge on any atom is -0.425 e. The zero-order valence-electron chi connectivity index (χ0n) is 22.9. The van der Waals surface area contributed by atoms with E-state index < -0.39 is 5.41 Å². The van der Waals surface area contributed by atoms with Gasteiger partial charge in [0.05, 0.1) is 25.9 Å². The molecule has 0 radical (unpaired) electrons. The number of esters is 2. The molecule has 0 saturated heterocycles. The van der Waals surface area contributed by atoms with Crippen LogP contribution in [0, 0.1) is 40.4 Å². The molecule has 38 heavy (non-hydrogen) atoms. The van der Waals surface area contributed by atoms with Crippen LogP contribution in [0.3, 0.4) is 0 Å². The van der Waals surface area contributed by atoms with Crippen molar-refractivity contribution in [1.82, 2.24) is 0 Å². The van der Waals surface area contributed by atoms with E-state index in [0.717, 1.165) is 51.4 Å². The summed E-state index contributed by atoms with van der Waals surface area (Å²) in [7, 11) is 0. The van der Waals surface area contributed by atoms with Crippen molar-refractivity contribution in [2.24, 2.45) is 29.1 Å². The smallest absolute Gasteiger partial charge is 0.314 e. The number of rotatable bonds is 5. The lowest BCUT2D eigenvalue weighted by Crippen LogP contribution is -2.25. The van der Waals surface area contributed by atoms with E-state index in [-0.39, 0.29) is 35.1 Å². The van der Waals surface area contributed by atoms with Gasteiger partial charge < -0.3 is 9.47 Å². The molecule has 0 unspecified atom stereocenters. The highest BCUT2D eigenvalue weighted by molar-refractivity contribution is 8.24. The third-order valence-corrected chi connectivity index (χ3v) is 10.4. The number of hydrogen-bond donors (Lipinski definition) is 0. The first kappa shape index (κ1) is 28.8. The van der Waals surface area contributed by atoms with Crippen LogP contribution in [0.4, 0.5) is 0 Å². The van der Waals surface area contributed by atoms with Crippen LogP contribution in [-0.2, 0) is 14.4 Å². The number of thioether (sulfide) groups is 2. The number of carbonyl (C=O) groups is 3. The number of nitriles is 1. The van der Waals surface area contributed by atoms with Crippen LogP contribution < -0.4 is 9.47 Å². The van der Waals surface area contributed by atoms with Gasteiger partial charge in [0.1, 0.15) is 23.1 Å². The number of hydrogen-bond acceptors (Lipinski definition) is 8. The van der Waals surface area contributed by atoms with E-state index in [2.05, 4.69) is 19.9 Å². The Hall–Kier alpha value is -2.24. The van der Waals surface area contributed by atoms with Crippen LogP contribution in [0.5, 0.6) is 11.5 Å². The van der Waals surface area contributed by atoms with Crippen molar-refractivity contribution in [2.75, 3.05) is 0 Å². The molecule has 4 rings (SSSR count). The lowest BCUT2D eigenvalue weighted by molar-refractivity contribution is -0.141. The molecule has 2 saturated carbocycles. The first-order chi connectivity index (χ1) is 18.0. The van der Waals surface area contributed by atoms with Gasteiger partial charge in [-0.1, -0.05) is 58.1 Å². The van der Waals surface area contributed by atoms with Gasteiger partial charge in [0.2, 0.25) is 0 Å². The van der Waals surface area contributed by atoms with Crippen molar-refractivity contribution >= 4 is 41.2 Å². The van der Waals surface area contributed by atoms with Crippen molar-refractivity contribution < 1.29 is 23.9 Å². The number of ether oxygens (including phenoxy) is 2. The summed E-state index contributed by atoms with van der Waals surface area (Å²) in [5.41, 5.74) is -0.657. The molecule has 1 heterocycles. The monoisotopic (exact) mass is 555 g/mol. The SMILES string of the molecule is CC1CCC(C(=O)Oc2ccc(OC(=O)C3CCC(C)CC3)c3c2SC(=C(C#N)C(=O)C(C)(C)C)S3)CC1. The van der Waals surface area contributed by atoms with Crippen LogP contribution in [0.25, 0.3) is 0 Å². The van der Waals surface area contributed by atoms with Crippen LogP contribution in [0.1, 0.15) is 86.0 Å². The molecule has 2 fully saturated rings. The molecule has 3 aliphatic rings. The molecule has 0 bridgehead atoms. The first-order valence-electron chi connectivity index (χ1n) is 13.6. The van der Waals surface area contributed by atoms with E-state index >= 15 is 0 Å². The topological polar surface area (TPSA) is 93.5 Å². The van der Waals surface area contributed by atoms with Crippen molar-refractivity contribution in [3.63, 3.8) is 0 Å². The molecule has 0 aromatic heterocycles. The van der Waals surface area contributed by atoms with Gasteiger partial charge in [-0.05, 0) is 75.3 Å². The number of carbonyl (C=O) groups excluding carboxylic acids is 3. The largest absolute Gasteiger partial charge is 0.425 e. The average molecular weight is 556 g/mol. The Kier molecular flexibility index (Phi) is 8.99. The van der Waals surface area contributed by atoms with Gasteiger partial charge in [0.25, 0.3) is 0 Å². The Bertz CT molecular complexity index is 1110. The zero-order valence-corrected chi connectivity index (χ0v) is 24.6. The predicted octanol–water partition coefficient (Wildman–Crippen LogP) is 7.70. The fourth-order valence-electron chi connectivity index (χ4n) is 5.13. The number of fused-ring (bicyclic) bond motifs is 1. The minimum absolute atomic E-state index is 0.0702. The van der Waals surface area contributed by atoms with Crippen molar-refractivity contribution in [3.8, 4) is 17.6 Å². The highest BCUT2D eigenvalue weighted by Crippen LogP contribution is 2.59. The van der Waals surface area contributed by atoms with E-state index in [4.69, 9.17) is 9.47 Å². The predicted molar refractivity (Wildman–Crippen MR) is 149 cm³/mol. The molecular formula is C30H37NO5S2. The first-order valence-corrected chi connectivity index (χ1v) is 15.3. The maximum absolute atomic E-state index is 13.0. The molecule has 204 valence electrons. The number of nitrogens with zero attached hydrogens (tertiary/aromatic N) is 1. The quantitative estimate of drug-likeness (QED) is 0.158. The molecule has 0 atom stereocenters. The van der Waals surface area contributed by atoms with E-state index in [9.17, 15) is 19.6 Å². The third kappa shape index (κ3) is 6.48. The van der Waals surface area contributed by atoms with Gasteiger partial charge in [0.15, 0.2) is 5.78 Å². The second kappa shape index (κ2) is 11.9. The second-order valence-corrected chi connectivity index (χ2v) is 14.3. The summed E-state index contributed by atoms with van der Waals surface area (Å²) >= 11 is 2.47. The summed E-state index contributed by atoms with van der Waals surface area (Å²) in [4.78, 5) is 40.3. The molecule has 1 aromatic rings. The Morgan fingerprint density at radius 2 is 1.18 bits per heavy atom. The van der Waals surface area contributed by atoms with Crippen molar-refractivity contribution in [3.05, 3.63) is 21.9 Å². The Labute approximate surface area is 234 Å². The standard InChI is InChI=1S/C30H37NO5S2/c1-17-6-10-19(11-7-17)27(33)35-22-14-15-23(36-28(34)20-12-8-18(2)9-13-20)25-24(22)37-29(38-25)21(16-31)26(32)30(3,4)5/h14-15,17-20H,6-13H2,1-5H3. The lowest BCUT2D eigenvalue weighted by Gasteiger charge is -2.25. The molecule has 2 aliphatic carbocycles. The minimum atomic E-state index is -0.727. The summed E-state index contributed by atoms with van der Waals surface area (Å²) in [6, 6.07) is 5.43. The van der Waals surface area contributed by atoms with Crippen molar-refractivity contribution in [2.45, 2.75) is 95.8 Å².